The minimum atomic E-state index is -0.409. The van der Waals surface area contributed by atoms with E-state index in [1.165, 1.54) is 17.8 Å². The number of hydrogen-bond acceptors (Lipinski definition) is 2. The third-order valence-corrected chi connectivity index (χ3v) is 4.34. The van der Waals surface area contributed by atoms with Crippen LogP contribution in [0.25, 0.3) is 0 Å². The quantitative estimate of drug-likeness (QED) is 0.637. The second-order valence-electron chi connectivity index (χ2n) is 3.69. The molecule has 0 unspecified atom stereocenters. The van der Waals surface area contributed by atoms with Crippen molar-refractivity contribution in [3.05, 3.63) is 57.8 Å². The second kappa shape index (κ2) is 5.83. The van der Waals surface area contributed by atoms with Crippen molar-refractivity contribution in [3.8, 4) is 0 Å². The average molecular weight is 302 g/mol. The van der Waals surface area contributed by atoms with Gasteiger partial charge in [0.2, 0.25) is 0 Å². The zero-order valence-corrected chi connectivity index (χ0v) is 11.6. The maximum Gasteiger partial charge on any atom is 0.142 e. The summed E-state index contributed by atoms with van der Waals surface area (Å²) in [6, 6.07) is 10.0. The predicted molar refractivity (Wildman–Crippen MR) is 76.8 cm³/mol. The summed E-state index contributed by atoms with van der Waals surface area (Å²) < 4.78 is 13.3. The van der Waals surface area contributed by atoms with Gasteiger partial charge in [-0.2, -0.15) is 0 Å². The molecule has 2 N–H and O–H groups in total. The molecule has 94 valence electrons. The third kappa shape index (κ3) is 3.10. The molecule has 0 radical (unpaired) electrons. The smallest absolute Gasteiger partial charge is 0.142 e. The summed E-state index contributed by atoms with van der Waals surface area (Å²) in [5, 5.41) is 0.784. The van der Waals surface area contributed by atoms with Crippen LogP contribution in [0.15, 0.2) is 41.3 Å². The number of halogens is 3. The molecule has 0 atom stereocenters. The lowest BCUT2D eigenvalue weighted by Gasteiger charge is -2.07. The molecule has 0 aliphatic heterocycles. The molecular weight excluding hydrogens is 292 g/mol. The van der Waals surface area contributed by atoms with Crippen molar-refractivity contribution < 1.29 is 4.39 Å². The van der Waals surface area contributed by atoms with Crippen LogP contribution in [-0.2, 0) is 5.75 Å². The summed E-state index contributed by atoms with van der Waals surface area (Å²) in [6.45, 7) is 0. The summed E-state index contributed by atoms with van der Waals surface area (Å²) in [7, 11) is 0. The zero-order chi connectivity index (χ0) is 13.1. The van der Waals surface area contributed by atoms with E-state index in [-0.39, 0.29) is 5.02 Å². The zero-order valence-electron chi connectivity index (χ0n) is 9.29. The summed E-state index contributed by atoms with van der Waals surface area (Å²) in [4.78, 5) is 0.858. The molecule has 0 saturated heterocycles. The van der Waals surface area contributed by atoms with Gasteiger partial charge in [-0.1, -0.05) is 35.3 Å². The molecule has 2 aromatic carbocycles. The van der Waals surface area contributed by atoms with Gasteiger partial charge in [-0.15, -0.1) is 11.8 Å². The Bertz CT molecular complexity index is 573. The summed E-state index contributed by atoms with van der Waals surface area (Å²) in [6.07, 6.45) is 0. The van der Waals surface area contributed by atoms with Crippen LogP contribution in [0.5, 0.6) is 0 Å². The van der Waals surface area contributed by atoms with Gasteiger partial charge in [-0.3, -0.25) is 0 Å². The van der Waals surface area contributed by atoms with Gasteiger partial charge < -0.3 is 5.73 Å². The van der Waals surface area contributed by atoms with Crippen molar-refractivity contribution in [2.24, 2.45) is 0 Å². The van der Waals surface area contributed by atoms with Crippen LogP contribution in [0.3, 0.4) is 0 Å². The van der Waals surface area contributed by atoms with Crippen LogP contribution in [0.1, 0.15) is 5.56 Å². The largest absolute Gasteiger partial charge is 0.399 e. The topological polar surface area (TPSA) is 26.0 Å². The molecule has 0 bridgehead atoms. The molecule has 0 heterocycles. The fourth-order valence-corrected chi connectivity index (χ4v) is 2.98. The van der Waals surface area contributed by atoms with Crippen molar-refractivity contribution in [3.63, 3.8) is 0 Å². The molecule has 0 fully saturated rings. The van der Waals surface area contributed by atoms with E-state index in [4.69, 9.17) is 28.9 Å². The number of hydrogen-bond donors (Lipinski definition) is 1. The molecule has 1 nitrogen and oxygen atoms in total. The van der Waals surface area contributed by atoms with Crippen LogP contribution in [0, 0.1) is 5.82 Å². The van der Waals surface area contributed by atoms with E-state index in [1.807, 2.05) is 0 Å². The molecule has 0 aromatic heterocycles. The second-order valence-corrected chi connectivity index (χ2v) is 5.49. The maximum atomic E-state index is 13.3. The number of benzene rings is 2. The molecular formula is C13H10Cl2FNS. The Hall–Kier alpha value is -0.900. The Labute approximate surface area is 119 Å². The predicted octanol–water partition coefficient (Wildman–Crippen LogP) is 5.01. The van der Waals surface area contributed by atoms with E-state index in [1.54, 1.807) is 30.3 Å². The van der Waals surface area contributed by atoms with Crippen LogP contribution in [-0.4, -0.2) is 0 Å². The molecule has 0 aliphatic rings. The van der Waals surface area contributed by atoms with Gasteiger partial charge in [-0.25, -0.2) is 4.39 Å². The molecule has 2 rings (SSSR count). The molecule has 5 heteroatoms. The number of nitrogens with two attached hydrogens (primary N) is 1. The highest BCUT2D eigenvalue weighted by atomic mass is 35.5. The van der Waals surface area contributed by atoms with E-state index in [9.17, 15) is 4.39 Å². The molecule has 0 saturated carbocycles. The van der Waals surface area contributed by atoms with E-state index in [2.05, 4.69) is 0 Å². The lowest BCUT2D eigenvalue weighted by Crippen LogP contribution is -1.88. The minimum absolute atomic E-state index is 0.157. The first-order valence-electron chi connectivity index (χ1n) is 5.18. The number of anilines is 1. The van der Waals surface area contributed by atoms with E-state index in [0.717, 1.165) is 10.5 Å². The summed E-state index contributed by atoms with van der Waals surface area (Å²) in [5.74, 6) is 0.133. The average Bonchev–Trinajstić information content (AvgIpc) is 2.35. The van der Waals surface area contributed by atoms with E-state index in [0.29, 0.717) is 16.5 Å². The maximum absolute atomic E-state index is 13.3. The third-order valence-electron chi connectivity index (χ3n) is 2.37. The van der Waals surface area contributed by atoms with Crippen molar-refractivity contribution in [1.29, 1.82) is 0 Å². The van der Waals surface area contributed by atoms with Crippen LogP contribution in [0.4, 0.5) is 10.1 Å². The fourth-order valence-electron chi connectivity index (χ4n) is 1.45. The number of thioether (sulfide) groups is 1. The van der Waals surface area contributed by atoms with Gasteiger partial charge >= 0.3 is 0 Å². The molecule has 18 heavy (non-hydrogen) atoms. The highest BCUT2D eigenvalue weighted by Gasteiger charge is 2.07. The highest BCUT2D eigenvalue weighted by molar-refractivity contribution is 7.98. The van der Waals surface area contributed by atoms with Crippen LogP contribution < -0.4 is 5.73 Å². The van der Waals surface area contributed by atoms with Crippen molar-refractivity contribution in [1.82, 2.24) is 0 Å². The minimum Gasteiger partial charge on any atom is -0.399 e. The van der Waals surface area contributed by atoms with Crippen molar-refractivity contribution in [2.75, 3.05) is 5.73 Å². The van der Waals surface area contributed by atoms with E-state index < -0.39 is 5.82 Å². The lowest BCUT2D eigenvalue weighted by molar-refractivity contribution is 0.627. The number of nitrogen functional groups attached to an aromatic ring is 1. The Morgan fingerprint density at radius 2 is 1.94 bits per heavy atom. The summed E-state index contributed by atoms with van der Waals surface area (Å²) >= 11 is 13.4. The van der Waals surface area contributed by atoms with Crippen LogP contribution >= 0.6 is 35.0 Å². The fraction of sp³-hybridized carbons (Fsp3) is 0.0769. The van der Waals surface area contributed by atoms with Gasteiger partial charge in [0.05, 0.1) is 10.0 Å². The van der Waals surface area contributed by atoms with Gasteiger partial charge in [-0.05, 0) is 29.8 Å². The monoisotopic (exact) mass is 301 g/mol. The molecule has 2 aromatic rings. The van der Waals surface area contributed by atoms with Gasteiger partial charge in [0.1, 0.15) is 5.82 Å². The standard InChI is InChI=1S/C13H10Cl2FNS/c14-10-5-4-9(17)6-12(10)18-7-8-2-1-3-11(16)13(8)15/h1-6H,7,17H2. The molecule has 0 aliphatic carbocycles. The van der Waals surface area contributed by atoms with Gasteiger partial charge in [0, 0.05) is 16.3 Å². The normalized spacial score (nSPS) is 10.6. The van der Waals surface area contributed by atoms with Crippen molar-refractivity contribution >= 4 is 40.7 Å². The Kier molecular flexibility index (Phi) is 4.38. The molecule has 0 spiro atoms. The Morgan fingerprint density at radius 1 is 1.17 bits per heavy atom. The first kappa shape index (κ1) is 13.5. The highest BCUT2D eigenvalue weighted by Crippen LogP contribution is 2.33. The lowest BCUT2D eigenvalue weighted by atomic mass is 10.2. The van der Waals surface area contributed by atoms with E-state index >= 15 is 0 Å². The van der Waals surface area contributed by atoms with Gasteiger partial charge in [0.25, 0.3) is 0 Å². The first-order chi connectivity index (χ1) is 8.58. The van der Waals surface area contributed by atoms with Gasteiger partial charge in [0.15, 0.2) is 0 Å². The first-order valence-corrected chi connectivity index (χ1v) is 6.93. The Balaban J connectivity index is 2.16. The Morgan fingerprint density at radius 3 is 2.72 bits per heavy atom. The molecule has 0 amide bonds. The SMILES string of the molecule is Nc1ccc(Cl)c(SCc2cccc(F)c2Cl)c1. The number of rotatable bonds is 3. The van der Waals surface area contributed by atoms with Crippen molar-refractivity contribution in [2.45, 2.75) is 10.6 Å². The van der Waals surface area contributed by atoms with Crippen LogP contribution in [0.2, 0.25) is 10.0 Å². The summed E-state index contributed by atoms with van der Waals surface area (Å²) in [5.41, 5.74) is 7.07.